The minimum absolute atomic E-state index is 0.307. The zero-order valence-corrected chi connectivity index (χ0v) is 9.19. The number of carbonyl (C=O) groups is 1. The number of hydrogen-bond acceptors (Lipinski definition) is 3. The summed E-state index contributed by atoms with van der Waals surface area (Å²) in [5, 5.41) is 2.78. The lowest BCUT2D eigenvalue weighted by Crippen LogP contribution is -1.88. The zero-order valence-electron chi connectivity index (χ0n) is 6.79. The lowest BCUT2D eigenvalue weighted by molar-refractivity contribution is 0.111. The lowest BCUT2D eigenvalue weighted by Gasteiger charge is -2.01. The van der Waals surface area contributed by atoms with Gasteiger partial charge < -0.3 is 0 Å². The van der Waals surface area contributed by atoms with Gasteiger partial charge in [0.05, 0.1) is 4.83 Å². The van der Waals surface area contributed by atoms with Crippen LogP contribution in [0.3, 0.4) is 0 Å². The lowest BCUT2D eigenvalue weighted by atomic mass is 10.3. The van der Waals surface area contributed by atoms with Gasteiger partial charge in [-0.3, -0.25) is 4.79 Å². The molecule has 4 heteroatoms. The van der Waals surface area contributed by atoms with E-state index >= 15 is 0 Å². The van der Waals surface area contributed by atoms with E-state index in [2.05, 4.69) is 27.8 Å². The highest BCUT2D eigenvalue weighted by atomic mass is 79.9. The molecule has 1 aromatic rings. The fraction of sp³-hybridized carbons (Fsp3) is 0.500. The quantitative estimate of drug-likeness (QED) is 0.605. The summed E-state index contributed by atoms with van der Waals surface area (Å²) in [5.74, 6) is 0. The summed E-state index contributed by atoms with van der Waals surface area (Å²) in [6.07, 6.45) is 2.96. The maximum absolute atomic E-state index is 10.3. The summed E-state index contributed by atoms with van der Waals surface area (Å²) in [4.78, 5) is 14.8. The van der Waals surface area contributed by atoms with E-state index in [0.717, 1.165) is 24.1 Å². The second-order valence-electron chi connectivity index (χ2n) is 2.48. The molecule has 0 aliphatic carbocycles. The van der Waals surface area contributed by atoms with Gasteiger partial charge in [-0.05, 0) is 6.42 Å². The Bertz CT molecular complexity index is 261. The second kappa shape index (κ2) is 4.72. The van der Waals surface area contributed by atoms with Crippen LogP contribution in [0.15, 0.2) is 5.38 Å². The molecule has 1 heterocycles. The molecule has 0 N–H and O–H groups in total. The van der Waals surface area contributed by atoms with Gasteiger partial charge in [0.1, 0.15) is 10.7 Å². The van der Waals surface area contributed by atoms with Crippen LogP contribution in [0.1, 0.15) is 40.1 Å². The number of nitrogens with zero attached hydrogens (tertiary/aromatic N) is 1. The minimum Gasteiger partial charge on any atom is -0.296 e. The van der Waals surface area contributed by atoms with Crippen LogP contribution >= 0.6 is 27.3 Å². The van der Waals surface area contributed by atoms with Crippen LogP contribution in [-0.2, 0) is 0 Å². The van der Waals surface area contributed by atoms with Gasteiger partial charge in [0, 0.05) is 5.38 Å². The summed E-state index contributed by atoms with van der Waals surface area (Å²) < 4.78 is 0. The first kappa shape index (κ1) is 9.86. The van der Waals surface area contributed by atoms with E-state index in [1.165, 1.54) is 11.3 Å². The third-order valence-electron chi connectivity index (χ3n) is 1.47. The highest BCUT2D eigenvalue weighted by Crippen LogP contribution is 2.29. The van der Waals surface area contributed by atoms with Crippen molar-refractivity contribution in [2.24, 2.45) is 0 Å². The third kappa shape index (κ3) is 2.38. The summed E-state index contributed by atoms with van der Waals surface area (Å²) in [6.45, 7) is 2.13. The molecule has 1 rings (SSSR count). The Hall–Kier alpha value is -0.220. The molecule has 0 saturated carbocycles. The molecule has 66 valence electrons. The first-order valence-electron chi connectivity index (χ1n) is 3.82. The Morgan fingerprint density at radius 2 is 2.58 bits per heavy atom. The van der Waals surface area contributed by atoms with Gasteiger partial charge in [-0.1, -0.05) is 29.3 Å². The van der Waals surface area contributed by atoms with Crippen molar-refractivity contribution in [3.05, 3.63) is 16.1 Å². The molecule has 12 heavy (non-hydrogen) atoms. The number of rotatable bonds is 4. The van der Waals surface area contributed by atoms with E-state index in [4.69, 9.17) is 0 Å². The van der Waals surface area contributed by atoms with Crippen LogP contribution in [-0.4, -0.2) is 11.3 Å². The molecule has 0 aromatic carbocycles. The van der Waals surface area contributed by atoms with Gasteiger partial charge in [-0.25, -0.2) is 4.98 Å². The normalized spacial score (nSPS) is 12.8. The van der Waals surface area contributed by atoms with E-state index in [1.807, 2.05) is 0 Å². The summed E-state index contributed by atoms with van der Waals surface area (Å²) in [5.41, 5.74) is 0.538. The number of thiazole rings is 1. The number of halogens is 1. The summed E-state index contributed by atoms with van der Waals surface area (Å²) in [6, 6.07) is 0. The molecule has 1 aromatic heterocycles. The molecule has 1 unspecified atom stereocenters. The van der Waals surface area contributed by atoms with Crippen molar-refractivity contribution >= 4 is 33.6 Å². The Morgan fingerprint density at radius 1 is 1.83 bits per heavy atom. The highest BCUT2D eigenvalue weighted by Gasteiger charge is 2.10. The van der Waals surface area contributed by atoms with Crippen LogP contribution in [0.4, 0.5) is 0 Å². The van der Waals surface area contributed by atoms with Crippen molar-refractivity contribution < 1.29 is 4.79 Å². The fourth-order valence-corrected chi connectivity index (χ4v) is 2.53. The van der Waals surface area contributed by atoms with Gasteiger partial charge >= 0.3 is 0 Å². The van der Waals surface area contributed by atoms with E-state index in [0.29, 0.717) is 10.5 Å². The molecule has 0 saturated heterocycles. The van der Waals surface area contributed by atoms with Crippen LogP contribution in [0.25, 0.3) is 0 Å². The SMILES string of the molecule is CCCC(Br)c1nc(C=O)cs1. The molecule has 0 spiro atoms. The predicted octanol–water partition coefficient (Wildman–Crippen LogP) is 3.19. The van der Waals surface area contributed by atoms with E-state index in [-0.39, 0.29) is 0 Å². The topological polar surface area (TPSA) is 30.0 Å². The highest BCUT2D eigenvalue weighted by molar-refractivity contribution is 9.09. The molecular formula is C8H10BrNOS. The van der Waals surface area contributed by atoms with Gasteiger partial charge in [0.2, 0.25) is 0 Å². The Balaban J connectivity index is 2.67. The molecule has 0 aliphatic rings. The number of alkyl halides is 1. The largest absolute Gasteiger partial charge is 0.296 e. The monoisotopic (exact) mass is 247 g/mol. The average molecular weight is 248 g/mol. The first-order chi connectivity index (χ1) is 5.77. The summed E-state index contributed by atoms with van der Waals surface area (Å²) in [7, 11) is 0. The van der Waals surface area contributed by atoms with Crippen molar-refractivity contribution in [1.82, 2.24) is 4.98 Å². The Labute approximate surface area is 84.1 Å². The van der Waals surface area contributed by atoms with Gasteiger partial charge in [-0.15, -0.1) is 11.3 Å². The van der Waals surface area contributed by atoms with Crippen molar-refractivity contribution in [3.8, 4) is 0 Å². The first-order valence-corrected chi connectivity index (χ1v) is 5.62. The third-order valence-corrected chi connectivity index (χ3v) is 3.64. The Morgan fingerprint density at radius 3 is 3.08 bits per heavy atom. The van der Waals surface area contributed by atoms with Gasteiger partial charge in [0.25, 0.3) is 0 Å². The smallest absolute Gasteiger partial charge is 0.169 e. The zero-order chi connectivity index (χ0) is 8.97. The molecular weight excluding hydrogens is 238 g/mol. The standard InChI is InChI=1S/C8H10BrNOS/c1-2-3-7(9)8-10-6(4-11)5-12-8/h4-5,7H,2-3H2,1H3. The number of hydrogen-bond donors (Lipinski definition) is 0. The van der Waals surface area contributed by atoms with Crippen LogP contribution in [0.2, 0.25) is 0 Å². The van der Waals surface area contributed by atoms with Gasteiger partial charge in [0.15, 0.2) is 6.29 Å². The molecule has 1 atom stereocenters. The van der Waals surface area contributed by atoms with E-state index in [9.17, 15) is 4.79 Å². The molecule has 0 amide bonds. The maximum Gasteiger partial charge on any atom is 0.169 e. The fourth-order valence-electron chi connectivity index (χ4n) is 0.876. The number of aldehydes is 1. The predicted molar refractivity (Wildman–Crippen MR) is 54.1 cm³/mol. The second-order valence-corrected chi connectivity index (χ2v) is 4.48. The molecule has 2 nitrogen and oxygen atoms in total. The van der Waals surface area contributed by atoms with Crippen LogP contribution < -0.4 is 0 Å². The summed E-state index contributed by atoms with van der Waals surface area (Å²) >= 11 is 5.05. The maximum atomic E-state index is 10.3. The molecule has 0 radical (unpaired) electrons. The van der Waals surface area contributed by atoms with Crippen LogP contribution in [0.5, 0.6) is 0 Å². The minimum atomic E-state index is 0.307. The molecule has 0 bridgehead atoms. The van der Waals surface area contributed by atoms with Gasteiger partial charge in [-0.2, -0.15) is 0 Å². The van der Waals surface area contributed by atoms with Crippen LogP contribution in [0, 0.1) is 0 Å². The average Bonchev–Trinajstić information content (AvgIpc) is 2.52. The number of aromatic nitrogens is 1. The van der Waals surface area contributed by atoms with Crippen molar-refractivity contribution in [2.75, 3.05) is 0 Å². The number of carbonyl (C=O) groups excluding carboxylic acids is 1. The van der Waals surface area contributed by atoms with Crippen molar-refractivity contribution in [3.63, 3.8) is 0 Å². The molecule has 0 fully saturated rings. The van der Waals surface area contributed by atoms with Crippen molar-refractivity contribution in [2.45, 2.75) is 24.6 Å². The molecule has 0 aliphatic heterocycles. The Kier molecular flexibility index (Phi) is 3.88. The van der Waals surface area contributed by atoms with E-state index in [1.54, 1.807) is 5.38 Å². The van der Waals surface area contributed by atoms with Crippen molar-refractivity contribution in [1.29, 1.82) is 0 Å². The van der Waals surface area contributed by atoms with E-state index < -0.39 is 0 Å².